The van der Waals surface area contributed by atoms with Gasteiger partial charge in [-0.2, -0.15) is 0 Å². The minimum Gasteiger partial charge on any atom is -0.494 e. The molecule has 0 saturated carbocycles. The number of hydrogen-bond donors (Lipinski definition) is 0. The molecule has 0 bridgehead atoms. The van der Waals surface area contributed by atoms with Crippen molar-refractivity contribution < 1.29 is 13.9 Å². The fourth-order valence-corrected chi connectivity index (χ4v) is 2.00. The van der Waals surface area contributed by atoms with Gasteiger partial charge in [-0.05, 0) is 36.8 Å². The Kier molecular flexibility index (Phi) is 3.86. The molecule has 0 fully saturated rings. The Morgan fingerprint density at radius 3 is 2.63 bits per heavy atom. The van der Waals surface area contributed by atoms with Crippen LogP contribution in [0.4, 0.5) is 4.39 Å². The van der Waals surface area contributed by atoms with Gasteiger partial charge in [0.05, 0.1) is 12.7 Å². The smallest absolute Gasteiger partial charge is 0.196 e. The SMILES string of the molecule is COc1cccc(C(=O)c2cc(Cl)ccc2C)c1F. The Morgan fingerprint density at radius 1 is 1.21 bits per heavy atom. The molecule has 0 radical (unpaired) electrons. The van der Waals surface area contributed by atoms with Crippen LogP contribution in [-0.2, 0) is 0 Å². The number of rotatable bonds is 3. The van der Waals surface area contributed by atoms with E-state index in [1.807, 2.05) is 0 Å². The van der Waals surface area contributed by atoms with E-state index in [4.69, 9.17) is 16.3 Å². The van der Waals surface area contributed by atoms with Gasteiger partial charge in [-0.3, -0.25) is 4.79 Å². The summed E-state index contributed by atoms with van der Waals surface area (Å²) in [5.74, 6) is -1.02. The monoisotopic (exact) mass is 278 g/mol. The average molecular weight is 279 g/mol. The van der Waals surface area contributed by atoms with Crippen LogP contribution in [0.5, 0.6) is 5.75 Å². The number of carbonyl (C=O) groups excluding carboxylic acids is 1. The van der Waals surface area contributed by atoms with Gasteiger partial charge < -0.3 is 4.74 Å². The highest BCUT2D eigenvalue weighted by atomic mass is 35.5. The van der Waals surface area contributed by atoms with E-state index in [0.717, 1.165) is 5.56 Å². The molecule has 2 aromatic carbocycles. The number of aryl methyl sites for hydroxylation is 1. The summed E-state index contributed by atoms with van der Waals surface area (Å²) in [5.41, 5.74) is 1.11. The molecule has 98 valence electrons. The van der Waals surface area contributed by atoms with Gasteiger partial charge in [0.15, 0.2) is 17.3 Å². The number of ether oxygens (including phenoxy) is 1. The summed E-state index contributed by atoms with van der Waals surface area (Å²) < 4.78 is 18.9. The van der Waals surface area contributed by atoms with Crippen molar-refractivity contribution >= 4 is 17.4 Å². The fraction of sp³-hybridized carbons (Fsp3) is 0.133. The van der Waals surface area contributed by atoms with Crippen molar-refractivity contribution in [3.63, 3.8) is 0 Å². The van der Waals surface area contributed by atoms with Crippen molar-refractivity contribution in [2.45, 2.75) is 6.92 Å². The lowest BCUT2D eigenvalue weighted by Gasteiger charge is -2.09. The minimum atomic E-state index is -0.658. The van der Waals surface area contributed by atoms with E-state index in [0.29, 0.717) is 10.6 Å². The topological polar surface area (TPSA) is 26.3 Å². The van der Waals surface area contributed by atoms with Crippen LogP contribution in [0.3, 0.4) is 0 Å². The first kappa shape index (κ1) is 13.6. The zero-order chi connectivity index (χ0) is 14.0. The lowest BCUT2D eigenvalue weighted by molar-refractivity contribution is 0.103. The molecular weight excluding hydrogens is 267 g/mol. The number of ketones is 1. The van der Waals surface area contributed by atoms with E-state index >= 15 is 0 Å². The van der Waals surface area contributed by atoms with Gasteiger partial charge in [0, 0.05) is 10.6 Å². The molecule has 0 atom stereocenters. The molecule has 0 spiro atoms. The van der Waals surface area contributed by atoms with Crippen LogP contribution >= 0.6 is 11.6 Å². The molecule has 0 amide bonds. The van der Waals surface area contributed by atoms with E-state index in [9.17, 15) is 9.18 Å². The van der Waals surface area contributed by atoms with E-state index in [2.05, 4.69) is 0 Å². The van der Waals surface area contributed by atoms with Crippen molar-refractivity contribution in [2.75, 3.05) is 7.11 Å². The van der Waals surface area contributed by atoms with Crippen molar-refractivity contribution in [2.24, 2.45) is 0 Å². The average Bonchev–Trinajstić information content (AvgIpc) is 2.41. The molecule has 0 unspecified atom stereocenters. The van der Waals surface area contributed by atoms with Crippen molar-refractivity contribution in [1.82, 2.24) is 0 Å². The predicted octanol–water partition coefficient (Wildman–Crippen LogP) is 4.03. The van der Waals surface area contributed by atoms with Crippen LogP contribution < -0.4 is 4.74 Å². The van der Waals surface area contributed by atoms with Crippen molar-refractivity contribution in [3.05, 3.63) is 63.9 Å². The molecule has 19 heavy (non-hydrogen) atoms. The first-order chi connectivity index (χ1) is 9.04. The molecule has 0 saturated heterocycles. The van der Waals surface area contributed by atoms with Gasteiger partial charge in [-0.25, -0.2) is 4.39 Å². The normalized spacial score (nSPS) is 10.3. The molecule has 2 rings (SSSR count). The molecule has 2 aromatic rings. The molecule has 0 heterocycles. The van der Waals surface area contributed by atoms with Gasteiger partial charge in [0.2, 0.25) is 0 Å². The van der Waals surface area contributed by atoms with Crippen molar-refractivity contribution in [3.8, 4) is 5.75 Å². The van der Waals surface area contributed by atoms with Crippen LogP contribution in [0.2, 0.25) is 5.02 Å². The van der Waals surface area contributed by atoms with Crippen molar-refractivity contribution in [1.29, 1.82) is 0 Å². The van der Waals surface area contributed by atoms with Gasteiger partial charge in [-0.15, -0.1) is 0 Å². The summed E-state index contributed by atoms with van der Waals surface area (Å²) in [7, 11) is 1.36. The summed E-state index contributed by atoms with van der Waals surface area (Å²) in [6.45, 7) is 1.78. The van der Waals surface area contributed by atoms with Gasteiger partial charge in [0.1, 0.15) is 0 Å². The summed E-state index contributed by atoms with van der Waals surface area (Å²) in [6.07, 6.45) is 0. The highest BCUT2D eigenvalue weighted by Crippen LogP contribution is 2.24. The quantitative estimate of drug-likeness (QED) is 0.793. The van der Waals surface area contributed by atoms with E-state index in [1.54, 1.807) is 25.1 Å². The van der Waals surface area contributed by atoms with Crippen LogP contribution in [0.15, 0.2) is 36.4 Å². The Labute approximate surface area is 115 Å². The van der Waals surface area contributed by atoms with Crippen LogP contribution in [0.25, 0.3) is 0 Å². The third kappa shape index (κ3) is 2.61. The van der Waals surface area contributed by atoms with Crippen LogP contribution in [0, 0.1) is 12.7 Å². The Balaban J connectivity index is 2.53. The number of benzene rings is 2. The number of halogens is 2. The Morgan fingerprint density at radius 2 is 1.95 bits per heavy atom. The fourth-order valence-electron chi connectivity index (χ4n) is 1.83. The molecule has 0 aliphatic carbocycles. The van der Waals surface area contributed by atoms with Gasteiger partial charge in [-0.1, -0.05) is 23.7 Å². The molecule has 0 aliphatic heterocycles. The summed E-state index contributed by atoms with van der Waals surface area (Å²) >= 11 is 5.88. The predicted molar refractivity (Wildman–Crippen MR) is 72.6 cm³/mol. The third-order valence-electron chi connectivity index (χ3n) is 2.87. The maximum Gasteiger partial charge on any atom is 0.196 e. The largest absolute Gasteiger partial charge is 0.494 e. The zero-order valence-corrected chi connectivity index (χ0v) is 11.3. The zero-order valence-electron chi connectivity index (χ0n) is 10.5. The standard InChI is InChI=1S/C15H12ClFO2/c1-9-6-7-10(16)8-12(9)15(18)11-4-3-5-13(19-2)14(11)17/h3-8H,1-2H3. The summed E-state index contributed by atoms with van der Waals surface area (Å²) in [5, 5.41) is 0.442. The van der Waals surface area contributed by atoms with Gasteiger partial charge in [0.25, 0.3) is 0 Å². The molecule has 0 N–H and O–H groups in total. The first-order valence-corrected chi connectivity index (χ1v) is 6.05. The number of carbonyl (C=O) groups is 1. The highest BCUT2D eigenvalue weighted by molar-refractivity contribution is 6.31. The second-order valence-electron chi connectivity index (χ2n) is 4.11. The van der Waals surface area contributed by atoms with Gasteiger partial charge >= 0.3 is 0 Å². The molecule has 2 nitrogen and oxygen atoms in total. The van der Waals surface area contributed by atoms with E-state index < -0.39 is 11.6 Å². The Bertz CT molecular complexity index is 638. The van der Waals surface area contributed by atoms with Crippen LogP contribution in [-0.4, -0.2) is 12.9 Å². The molecule has 4 heteroatoms. The molecular formula is C15H12ClFO2. The maximum absolute atomic E-state index is 14.1. The maximum atomic E-state index is 14.1. The third-order valence-corrected chi connectivity index (χ3v) is 3.11. The minimum absolute atomic E-state index is 0.0234. The Hall–Kier alpha value is -1.87. The highest BCUT2D eigenvalue weighted by Gasteiger charge is 2.18. The second kappa shape index (κ2) is 5.41. The lowest BCUT2D eigenvalue weighted by atomic mass is 9.98. The molecule has 0 aliphatic rings. The number of hydrogen-bond acceptors (Lipinski definition) is 2. The van der Waals surface area contributed by atoms with E-state index in [-0.39, 0.29) is 11.3 Å². The second-order valence-corrected chi connectivity index (χ2v) is 4.55. The lowest BCUT2D eigenvalue weighted by Crippen LogP contribution is -2.07. The molecule has 0 aromatic heterocycles. The first-order valence-electron chi connectivity index (χ1n) is 5.68. The number of methoxy groups -OCH3 is 1. The van der Waals surface area contributed by atoms with Crippen LogP contribution in [0.1, 0.15) is 21.5 Å². The van der Waals surface area contributed by atoms with E-state index in [1.165, 1.54) is 25.3 Å². The summed E-state index contributed by atoms with van der Waals surface area (Å²) in [6, 6.07) is 9.44. The summed E-state index contributed by atoms with van der Waals surface area (Å²) in [4.78, 5) is 12.4.